The predicted molar refractivity (Wildman–Crippen MR) is 68.7 cm³/mol. The number of methoxy groups -OCH3 is 1. The largest absolute Gasteiger partial charge is 0.494 e. The van der Waals surface area contributed by atoms with Crippen molar-refractivity contribution in [2.24, 2.45) is 5.92 Å². The van der Waals surface area contributed by atoms with Crippen LogP contribution < -0.4 is 0 Å². The molecule has 4 nitrogen and oxygen atoms in total. The van der Waals surface area contributed by atoms with Crippen molar-refractivity contribution in [2.75, 3.05) is 7.11 Å². The summed E-state index contributed by atoms with van der Waals surface area (Å²) in [5, 5.41) is 9.31. The number of rotatable bonds is 5. The number of ether oxygens (including phenoxy) is 2. The molecular weight excluding hydrogens is 232 g/mol. The van der Waals surface area contributed by atoms with Gasteiger partial charge in [0.25, 0.3) is 0 Å². The molecule has 0 saturated heterocycles. The van der Waals surface area contributed by atoms with E-state index in [1.54, 1.807) is 25.2 Å². The maximum absolute atomic E-state index is 11.7. The van der Waals surface area contributed by atoms with E-state index in [1.165, 1.54) is 7.11 Å². The van der Waals surface area contributed by atoms with E-state index in [1.807, 2.05) is 19.1 Å². The fraction of sp³-hybridized carbons (Fsp3) is 0.500. The minimum Gasteiger partial charge on any atom is -0.494 e. The Bertz CT molecular complexity index is 366. The summed E-state index contributed by atoms with van der Waals surface area (Å²) < 4.78 is 10.5. The fourth-order valence-electron chi connectivity index (χ4n) is 1.78. The molecule has 1 N–H and O–H groups in total. The third-order valence-corrected chi connectivity index (χ3v) is 2.56. The number of hydrogen-bond acceptors (Lipinski definition) is 4. The average molecular weight is 252 g/mol. The number of carbonyl (C=O) groups excluding carboxylic acids is 1. The van der Waals surface area contributed by atoms with E-state index in [0.717, 1.165) is 0 Å². The first-order valence-corrected chi connectivity index (χ1v) is 6.02. The third-order valence-electron chi connectivity index (χ3n) is 2.56. The highest BCUT2D eigenvalue weighted by molar-refractivity contribution is 5.77. The van der Waals surface area contributed by atoms with Gasteiger partial charge in [-0.1, -0.05) is 24.3 Å². The molecule has 1 rings (SSSR count). The lowest BCUT2D eigenvalue weighted by molar-refractivity contribution is -0.143. The summed E-state index contributed by atoms with van der Waals surface area (Å²) in [4.78, 5) is 11.7. The van der Waals surface area contributed by atoms with Crippen LogP contribution in [0.3, 0.4) is 0 Å². The van der Waals surface area contributed by atoms with Gasteiger partial charge < -0.3 is 14.6 Å². The molecule has 4 heteroatoms. The normalized spacial score (nSPS) is 21.8. The van der Waals surface area contributed by atoms with Crippen LogP contribution in [0.1, 0.15) is 20.3 Å². The highest BCUT2D eigenvalue weighted by atomic mass is 16.5. The minimum atomic E-state index is -0.526. The average Bonchev–Trinajstić information content (AvgIpc) is 2.52. The topological polar surface area (TPSA) is 55.8 Å². The van der Waals surface area contributed by atoms with Gasteiger partial charge in [0.1, 0.15) is 11.7 Å². The van der Waals surface area contributed by atoms with Crippen LogP contribution in [0.4, 0.5) is 0 Å². The molecule has 0 aromatic rings. The predicted octanol–water partition coefficient (Wildman–Crippen LogP) is 1.96. The van der Waals surface area contributed by atoms with Crippen molar-refractivity contribution in [3.63, 3.8) is 0 Å². The Morgan fingerprint density at radius 3 is 2.72 bits per heavy atom. The lowest BCUT2D eigenvalue weighted by Gasteiger charge is -2.21. The molecule has 18 heavy (non-hydrogen) atoms. The van der Waals surface area contributed by atoms with Gasteiger partial charge in [-0.2, -0.15) is 0 Å². The summed E-state index contributed by atoms with van der Waals surface area (Å²) in [6, 6.07) is 0. The first kappa shape index (κ1) is 14.5. The quantitative estimate of drug-likeness (QED) is 0.760. The first-order chi connectivity index (χ1) is 8.54. The zero-order chi connectivity index (χ0) is 13.5. The molecular formula is C14H20O4. The van der Waals surface area contributed by atoms with E-state index in [-0.39, 0.29) is 12.1 Å². The molecule has 1 aliphatic rings. The smallest absolute Gasteiger partial charge is 0.320 e. The lowest BCUT2D eigenvalue weighted by Crippen LogP contribution is -2.22. The maximum atomic E-state index is 11.7. The summed E-state index contributed by atoms with van der Waals surface area (Å²) in [6.45, 7) is 3.57. The minimum absolute atomic E-state index is 0.164. The summed E-state index contributed by atoms with van der Waals surface area (Å²) in [5.41, 5.74) is 0. The van der Waals surface area contributed by atoms with Gasteiger partial charge in [-0.3, -0.25) is 4.79 Å². The van der Waals surface area contributed by atoms with Crippen LogP contribution in [-0.4, -0.2) is 30.4 Å². The van der Waals surface area contributed by atoms with Crippen molar-refractivity contribution in [3.05, 3.63) is 36.1 Å². The van der Waals surface area contributed by atoms with Crippen LogP contribution in [0.2, 0.25) is 0 Å². The number of allylic oxidation sites excluding steroid dienone is 4. The number of hydrogen-bond donors (Lipinski definition) is 1. The Hall–Kier alpha value is -1.55. The van der Waals surface area contributed by atoms with E-state index < -0.39 is 12.0 Å². The maximum Gasteiger partial charge on any atom is 0.320 e. The molecule has 3 atom stereocenters. The van der Waals surface area contributed by atoms with Crippen molar-refractivity contribution >= 4 is 5.97 Å². The summed E-state index contributed by atoms with van der Waals surface area (Å²) in [7, 11) is 1.35. The van der Waals surface area contributed by atoms with Crippen molar-refractivity contribution in [1.29, 1.82) is 0 Å². The highest BCUT2D eigenvalue weighted by Crippen LogP contribution is 2.21. The fourth-order valence-corrected chi connectivity index (χ4v) is 1.78. The molecule has 0 saturated carbocycles. The van der Waals surface area contributed by atoms with Crippen LogP contribution in [0.15, 0.2) is 36.1 Å². The van der Waals surface area contributed by atoms with Crippen molar-refractivity contribution in [3.8, 4) is 0 Å². The molecule has 0 amide bonds. The second kappa shape index (κ2) is 7.01. The molecule has 0 spiro atoms. The van der Waals surface area contributed by atoms with Gasteiger partial charge in [0.15, 0.2) is 0 Å². The number of aliphatic hydroxyl groups excluding tert-OH is 1. The van der Waals surface area contributed by atoms with Crippen molar-refractivity contribution < 1.29 is 19.4 Å². The molecule has 0 aromatic carbocycles. The van der Waals surface area contributed by atoms with E-state index >= 15 is 0 Å². The van der Waals surface area contributed by atoms with Gasteiger partial charge in [0.2, 0.25) is 0 Å². The highest BCUT2D eigenvalue weighted by Gasteiger charge is 2.24. The summed E-state index contributed by atoms with van der Waals surface area (Å²) in [5.74, 6) is -0.341. The molecule has 0 aromatic heterocycles. The molecule has 100 valence electrons. The number of esters is 1. The van der Waals surface area contributed by atoms with E-state index in [0.29, 0.717) is 12.2 Å². The van der Waals surface area contributed by atoms with Crippen LogP contribution in [0.5, 0.6) is 0 Å². The first-order valence-electron chi connectivity index (χ1n) is 6.02. The second-order valence-electron chi connectivity index (χ2n) is 4.35. The number of carbonyl (C=O) groups is 1. The summed E-state index contributed by atoms with van der Waals surface area (Å²) >= 11 is 0. The second-order valence-corrected chi connectivity index (χ2v) is 4.35. The molecule has 0 unspecified atom stereocenters. The lowest BCUT2D eigenvalue weighted by atomic mass is 10.1. The monoisotopic (exact) mass is 252 g/mol. The molecule has 0 heterocycles. The van der Waals surface area contributed by atoms with Crippen molar-refractivity contribution in [1.82, 2.24) is 0 Å². The van der Waals surface area contributed by atoms with E-state index in [2.05, 4.69) is 0 Å². The standard InChI is InChI=1S/C14H20O4/c1-10(15)9-11(2)18-13-8-6-4-5-7-12(13)14(16)17-3/h4-8,10-12,15H,9H2,1-3H3/t10-,11+,12+/m1/s1. The van der Waals surface area contributed by atoms with Crippen LogP contribution in [-0.2, 0) is 14.3 Å². The van der Waals surface area contributed by atoms with Crippen LogP contribution in [0, 0.1) is 5.92 Å². The zero-order valence-electron chi connectivity index (χ0n) is 11.0. The van der Waals surface area contributed by atoms with Gasteiger partial charge in [-0.15, -0.1) is 0 Å². The van der Waals surface area contributed by atoms with Gasteiger partial charge in [-0.05, 0) is 19.9 Å². The molecule has 0 aliphatic heterocycles. The van der Waals surface area contributed by atoms with Crippen molar-refractivity contribution in [2.45, 2.75) is 32.5 Å². The molecule has 1 aliphatic carbocycles. The molecule has 0 bridgehead atoms. The summed E-state index contributed by atoms with van der Waals surface area (Å²) in [6.07, 6.45) is 8.82. The zero-order valence-corrected chi connectivity index (χ0v) is 11.0. The SMILES string of the molecule is COC(=O)[C@H]1C=CC=CC=C1O[C@@H](C)C[C@@H](C)O. The van der Waals surface area contributed by atoms with E-state index in [4.69, 9.17) is 9.47 Å². The molecule has 0 radical (unpaired) electrons. The van der Waals surface area contributed by atoms with Crippen LogP contribution >= 0.6 is 0 Å². The van der Waals surface area contributed by atoms with Gasteiger partial charge in [0, 0.05) is 6.42 Å². The molecule has 0 fully saturated rings. The Labute approximate surface area is 108 Å². The van der Waals surface area contributed by atoms with Gasteiger partial charge in [0.05, 0.1) is 19.3 Å². The Balaban J connectivity index is 2.75. The van der Waals surface area contributed by atoms with Crippen LogP contribution in [0.25, 0.3) is 0 Å². The Kier molecular flexibility index (Phi) is 5.65. The Morgan fingerprint density at radius 2 is 2.11 bits per heavy atom. The Morgan fingerprint density at radius 1 is 1.39 bits per heavy atom. The third kappa shape index (κ3) is 4.37. The van der Waals surface area contributed by atoms with E-state index in [9.17, 15) is 9.90 Å². The number of aliphatic hydroxyl groups is 1. The van der Waals surface area contributed by atoms with Gasteiger partial charge >= 0.3 is 5.97 Å². The van der Waals surface area contributed by atoms with Gasteiger partial charge in [-0.25, -0.2) is 0 Å².